The van der Waals surface area contributed by atoms with E-state index in [0.29, 0.717) is 31.5 Å². The standard InChI is InChI=1S/C20H28N2O6/c1-20(2,3)27-19(24)21-11-9-15(10-12-21)17(14-23)13-18(28-22(25)26)16-7-5-4-6-8-16/h4-8,14-15,17-18H,9-13H2,1-3H3/t17-,18-/m0/s1. The maximum absolute atomic E-state index is 12.2. The number of hydrogen-bond donors (Lipinski definition) is 0. The van der Waals surface area contributed by atoms with Crippen molar-refractivity contribution in [3.63, 3.8) is 0 Å². The van der Waals surface area contributed by atoms with Gasteiger partial charge in [-0.3, -0.25) is 0 Å². The van der Waals surface area contributed by atoms with E-state index in [1.54, 1.807) is 29.2 Å². The van der Waals surface area contributed by atoms with Crippen molar-refractivity contribution in [3.8, 4) is 0 Å². The van der Waals surface area contributed by atoms with Crippen LogP contribution >= 0.6 is 0 Å². The summed E-state index contributed by atoms with van der Waals surface area (Å²) >= 11 is 0. The number of nitrogens with zero attached hydrogens (tertiary/aromatic N) is 2. The van der Waals surface area contributed by atoms with Crippen molar-refractivity contribution in [1.29, 1.82) is 0 Å². The van der Waals surface area contributed by atoms with Crippen LogP contribution in [0.25, 0.3) is 0 Å². The second kappa shape index (κ2) is 9.52. The third kappa shape index (κ3) is 6.51. The zero-order valence-electron chi connectivity index (χ0n) is 16.6. The molecule has 0 radical (unpaired) electrons. The van der Waals surface area contributed by atoms with Crippen molar-refractivity contribution in [2.24, 2.45) is 11.8 Å². The number of hydrogen-bond acceptors (Lipinski definition) is 6. The lowest BCUT2D eigenvalue weighted by molar-refractivity contribution is -0.771. The third-order valence-corrected chi connectivity index (χ3v) is 4.84. The van der Waals surface area contributed by atoms with Gasteiger partial charge >= 0.3 is 6.09 Å². The van der Waals surface area contributed by atoms with Crippen LogP contribution in [0.15, 0.2) is 30.3 Å². The first-order chi connectivity index (χ1) is 13.2. The first-order valence-corrected chi connectivity index (χ1v) is 9.49. The number of amides is 1. The van der Waals surface area contributed by atoms with Crippen LogP contribution < -0.4 is 0 Å². The van der Waals surface area contributed by atoms with Crippen molar-refractivity contribution in [2.45, 2.75) is 51.7 Å². The Morgan fingerprint density at radius 1 is 1.29 bits per heavy atom. The molecule has 1 saturated heterocycles. The van der Waals surface area contributed by atoms with Gasteiger partial charge in [0.05, 0.1) is 0 Å². The highest BCUT2D eigenvalue weighted by Crippen LogP contribution is 2.33. The summed E-state index contributed by atoms with van der Waals surface area (Å²) in [6, 6.07) is 8.88. The maximum atomic E-state index is 12.2. The second-order valence-corrected chi connectivity index (χ2v) is 8.07. The van der Waals surface area contributed by atoms with E-state index in [9.17, 15) is 19.7 Å². The third-order valence-electron chi connectivity index (χ3n) is 4.84. The van der Waals surface area contributed by atoms with Gasteiger partial charge < -0.3 is 19.3 Å². The van der Waals surface area contributed by atoms with Crippen LogP contribution in [0.5, 0.6) is 0 Å². The molecule has 0 aliphatic carbocycles. The number of carbonyl (C=O) groups is 2. The summed E-state index contributed by atoms with van der Waals surface area (Å²) in [6.07, 6.45) is 1.21. The van der Waals surface area contributed by atoms with Gasteiger partial charge in [0, 0.05) is 19.0 Å². The van der Waals surface area contributed by atoms with Crippen LogP contribution in [-0.2, 0) is 14.4 Å². The zero-order chi connectivity index (χ0) is 20.7. The average Bonchev–Trinajstić information content (AvgIpc) is 2.64. The van der Waals surface area contributed by atoms with Crippen molar-refractivity contribution in [2.75, 3.05) is 13.1 Å². The van der Waals surface area contributed by atoms with E-state index in [1.807, 2.05) is 26.8 Å². The predicted octanol–water partition coefficient (Wildman–Crippen LogP) is 3.79. The van der Waals surface area contributed by atoms with E-state index in [-0.39, 0.29) is 24.3 Å². The molecule has 1 aliphatic rings. The molecule has 2 atom stereocenters. The van der Waals surface area contributed by atoms with E-state index in [2.05, 4.69) is 0 Å². The van der Waals surface area contributed by atoms with Gasteiger partial charge in [-0.15, -0.1) is 10.1 Å². The van der Waals surface area contributed by atoms with Crippen LogP contribution in [-0.4, -0.2) is 41.1 Å². The number of rotatable bonds is 7. The highest BCUT2D eigenvalue weighted by Gasteiger charge is 2.32. The van der Waals surface area contributed by atoms with Gasteiger partial charge in [-0.2, -0.15) is 0 Å². The molecule has 8 heteroatoms. The smallest absolute Gasteiger partial charge is 0.410 e. The Morgan fingerprint density at radius 3 is 2.39 bits per heavy atom. The number of carbonyl (C=O) groups excluding carboxylic acids is 2. The molecule has 0 aromatic heterocycles. The first-order valence-electron chi connectivity index (χ1n) is 9.49. The highest BCUT2D eigenvalue weighted by atomic mass is 17.0. The molecule has 0 unspecified atom stereocenters. The Kier molecular flexibility index (Phi) is 7.37. The van der Waals surface area contributed by atoms with Gasteiger partial charge in [0.15, 0.2) is 0 Å². The van der Waals surface area contributed by atoms with Crippen LogP contribution in [0.3, 0.4) is 0 Å². The summed E-state index contributed by atoms with van der Waals surface area (Å²) in [6.45, 7) is 6.45. The Labute approximate surface area is 164 Å². The number of aldehydes is 1. The molecule has 1 amide bonds. The van der Waals surface area contributed by atoms with Gasteiger partial charge in [0.2, 0.25) is 0 Å². The number of likely N-dealkylation sites (tertiary alicyclic amines) is 1. The van der Waals surface area contributed by atoms with Gasteiger partial charge in [0.25, 0.3) is 5.09 Å². The van der Waals surface area contributed by atoms with E-state index in [4.69, 9.17) is 9.57 Å². The van der Waals surface area contributed by atoms with Crippen molar-refractivity contribution in [3.05, 3.63) is 46.0 Å². The van der Waals surface area contributed by atoms with Crippen molar-refractivity contribution in [1.82, 2.24) is 4.90 Å². The molecule has 1 aliphatic heterocycles. The molecule has 2 rings (SSSR count). The molecule has 1 aromatic rings. The maximum Gasteiger partial charge on any atom is 0.410 e. The summed E-state index contributed by atoms with van der Waals surface area (Å²) in [4.78, 5) is 41.3. The van der Waals surface area contributed by atoms with E-state index in [0.717, 1.165) is 6.29 Å². The molecule has 1 aromatic carbocycles. The van der Waals surface area contributed by atoms with Crippen molar-refractivity contribution >= 4 is 12.4 Å². The molecule has 0 saturated carbocycles. The number of benzene rings is 1. The van der Waals surface area contributed by atoms with E-state index >= 15 is 0 Å². The lowest BCUT2D eigenvalue weighted by Gasteiger charge is -2.35. The summed E-state index contributed by atoms with van der Waals surface area (Å²) in [5, 5.41) is 10.1. The number of ether oxygens (including phenoxy) is 1. The Balaban J connectivity index is 1.98. The molecule has 154 valence electrons. The zero-order valence-corrected chi connectivity index (χ0v) is 16.6. The minimum atomic E-state index is -0.815. The molecule has 0 bridgehead atoms. The van der Waals surface area contributed by atoms with Gasteiger partial charge in [-0.05, 0) is 51.5 Å². The fourth-order valence-electron chi connectivity index (χ4n) is 3.45. The fourth-order valence-corrected chi connectivity index (χ4v) is 3.45. The lowest BCUT2D eigenvalue weighted by atomic mass is 9.81. The summed E-state index contributed by atoms with van der Waals surface area (Å²) < 4.78 is 5.39. The van der Waals surface area contributed by atoms with Crippen LogP contribution in [0.1, 0.15) is 51.7 Å². The predicted molar refractivity (Wildman–Crippen MR) is 102 cm³/mol. The summed E-state index contributed by atoms with van der Waals surface area (Å²) in [5.74, 6) is -0.344. The van der Waals surface area contributed by atoms with Crippen LogP contribution in [0.2, 0.25) is 0 Å². The van der Waals surface area contributed by atoms with E-state index < -0.39 is 16.8 Å². The average molecular weight is 392 g/mol. The Hall–Kier alpha value is -2.64. The quantitative estimate of drug-likeness (QED) is 0.398. The Morgan fingerprint density at radius 2 is 1.89 bits per heavy atom. The molecule has 0 spiro atoms. The molecule has 28 heavy (non-hydrogen) atoms. The van der Waals surface area contributed by atoms with E-state index in [1.165, 1.54) is 0 Å². The molecule has 0 N–H and O–H groups in total. The Bertz CT molecular complexity index is 665. The molecule has 8 nitrogen and oxygen atoms in total. The molecular weight excluding hydrogens is 364 g/mol. The molecule has 1 heterocycles. The molecular formula is C20H28N2O6. The second-order valence-electron chi connectivity index (χ2n) is 8.07. The van der Waals surface area contributed by atoms with Gasteiger partial charge in [-0.1, -0.05) is 30.3 Å². The van der Waals surface area contributed by atoms with Crippen molar-refractivity contribution < 1.29 is 24.3 Å². The monoisotopic (exact) mass is 392 g/mol. The fraction of sp³-hybridized carbons (Fsp3) is 0.600. The van der Waals surface area contributed by atoms with Gasteiger partial charge in [0.1, 0.15) is 18.0 Å². The summed E-state index contributed by atoms with van der Waals surface area (Å²) in [5.41, 5.74) is 0.111. The normalized spacial score (nSPS) is 17.5. The largest absolute Gasteiger partial charge is 0.444 e. The molecule has 1 fully saturated rings. The lowest BCUT2D eigenvalue weighted by Crippen LogP contribution is -2.43. The number of piperidine rings is 1. The minimum Gasteiger partial charge on any atom is -0.444 e. The van der Waals surface area contributed by atoms with Crippen LogP contribution in [0.4, 0.5) is 4.79 Å². The minimum absolute atomic E-state index is 0.0396. The van der Waals surface area contributed by atoms with Crippen LogP contribution in [0, 0.1) is 22.0 Å². The summed E-state index contributed by atoms with van der Waals surface area (Å²) in [7, 11) is 0. The highest BCUT2D eigenvalue weighted by molar-refractivity contribution is 5.68. The topological polar surface area (TPSA) is 99.0 Å². The first kappa shape index (κ1) is 21.7. The van der Waals surface area contributed by atoms with Gasteiger partial charge in [-0.25, -0.2) is 4.79 Å². The SMILES string of the molecule is CC(C)(C)OC(=O)N1CCC([C@H](C=O)C[C@H](O[N+](=O)[O-])c2ccccc2)CC1.